The highest BCUT2D eigenvalue weighted by Gasteiger charge is 2.61. The smallest absolute Gasteiger partial charge is 0.374 e. The molecule has 0 spiro atoms. The van der Waals surface area contributed by atoms with Crippen molar-refractivity contribution in [2.45, 2.75) is 67.8 Å². The zero-order valence-corrected chi connectivity index (χ0v) is 16.7. The standard InChI is InChI=1S/C18H25F2IO4/c1-9(2)18(12-4-10-3-11(6-12)7-13(18)5-10)25-15(22)14(21)8-17(19,20)16(23)24/h9-14H,3-8H2,1-2H3,(H,23,24). The predicted octanol–water partition coefficient (Wildman–Crippen LogP) is 4.29. The Hall–Kier alpha value is -0.470. The van der Waals surface area contributed by atoms with Gasteiger partial charge in [-0.05, 0) is 61.7 Å². The van der Waals surface area contributed by atoms with Crippen LogP contribution in [0.25, 0.3) is 0 Å². The Morgan fingerprint density at radius 1 is 1.16 bits per heavy atom. The largest absolute Gasteiger partial charge is 0.477 e. The first kappa shape index (κ1) is 19.3. The number of esters is 1. The third-order valence-corrected chi connectivity index (χ3v) is 7.55. The van der Waals surface area contributed by atoms with Crippen LogP contribution in [0.1, 0.15) is 52.4 Å². The average Bonchev–Trinajstić information content (AvgIpc) is 2.49. The first-order valence-corrected chi connectivity index (χ1v) is 10.3. The minimum atomic E-state index is -3.92. The average molecular weight is 470 g/mol. The van der Waals surface area contributed by atoms with Gasteiger partial charge >= 0.3 is 17.9 Å². The number of rotatable bonds is 6. The van der Waals surface area contributed by atoms with E-state index in [2.05, 4.69) is 0 Å². The summed E-state index contributed by atoms with van der Waals surface area (Å²) in [6.45, 7) is 4.09. The van der Waals surface area contributed by atoms with Crippen LogP contribution in [0, 0.1) is 29.6 Å². The van der Waals surface area contributed by atoms with E-state index in [0.29, 0.717) is 23.7 Å². The number of alkyl halides is 3. The second-order valence-corrected chi connectivity index (χ2v) is 9.92. The highest BCUT2D eigenvalue weighted by Crippen LogP contribution is 2.61. The number of carbonyl (C=O) groups excluding carboxylic acids is 1. The molecule has 4 fully saturated rings. The topological polar surface area (TPSA) is 63.6 Å². The van der Waals surface area contributed by atoms with E-state index in [1.807, 2.05) is 13.8 Å². The summed E-state index contributed by atoms with van der Waals surface area (Å²) in [7, 11) is 0. The molecule has 0 heterocycles. The van der Waals surface area contributed by atoms with Gasteiger partial charge < -0.3 is 9.84 Å². The predicted molar refractivity (Wildman–Crippen MR) is 95.7 cm³/mol. The lowest BCUT2D eigenvalue weighted by atomic mass is 9.47. The second-order valence-electron chi connectivity index (χ2n) is 8.42. The molecule has 142 valence electrons. The molecule has 0 amide bonds. The van der Waals surface area contributed by atoms with Crippen LogP contribution >= 0.6 is 22.6 Å². The van der Waals surface area contributed by atoms with E-state index in [-0.39, 0.29) is 5.92 Å². The Morgan fingerprint density at radius 2 is 1.64 bits per heavy atom. The molecule has 0 aromatic carbocycles. The van der Waals surface area contributed by atoms with Crippen LogP contribution in [0.4, 0.5) is 8.78 Å². The van der Waals surface area contributed by atoms with Crippen LogP contribution in [0.5, 0.6) is 0 Å². The van der Waals surface area contributed by atoms with Crippen molar-refractivity contribution in [2.24, 2.45) is 29.6 Å². The molecule has 1 unspecified atom stereocenters. The van der Waals surface area contributed by atoms with Gasteiger partial charge in [-0.1, -0.05) is 36.4 Å². The van der Waals surface area contributed by atoms with Gasteiger partial charge in [0.25, 0.3) is 0 Å². The number of halogens is 3. The third kappa shape index (κ3) is 3.30. The van der Waals surface area contributed by atoms with Crippen LogP contribution in [0.2, 0.25) is 0 Å². The van der Waals surface area contributed by atoms with Gasteiger partial charge in [0.1, 0.15) is 9.53 Å². The lowest BCUT2D eigenvalue weighted by molar-refractivity contribution is -0.225. The van der Waals surface area contributed by atoms with Crippen molar-refractivity contribution in [3.8, 4) is 0 Å². The second kappa shape index (κ2) is 6.60. The van der Waals surface area contributed by atoms with Gasteiger partial charge in [-0.25, -0.2) is 4.79 Å². The SMILES string of the molecule is CC(C)C1(OC(=O)C(I)CC(F)(F)C(=O)O)C2CC3CC(C2)CC1C3. The molecule has 4 rings (SSSR count). The van der Waals surface area contributed by atoms with Gasteiger partial charge in [-0.3, -0.25) is 4.79 Å². The first-order chi connectivity index (χ1) is 11.6. The van der Waals surface area contributed by atoms with Crippen molar-refractivity contribution in [1.82, 2.24) is 0 Å². The molecule has 0 aromatic heterocycles. The van der Waals surface area contributed by atoms with Crippen molar-refractivity contribution in [3.05, 3.63) is 0 Å². The Kier molecular flexibility index (Phi) is 5.10. The summed E-state index contributed by atoms with van der Waals surface area (Å²) in [5.74, 6) is -4.67. The van der Waals surface area contributed by atoms with Gasteiger partial charge in [-0.2, -0.15) is 8.78 Å². The molecule has 4 saturated carbocycles. The highest BCUT2D eigenvalue weighted by molar-refractivity contribution is 14.1. The molecular formula is C18H25F2IO4. The van der Waals surface area contributed by atoms with Gasteiger partial charge in [0.15, 0.2) is 0 Å². The summed E-state index contributed by atoms with van der Waals surface area (Å²) in [5.41, 5.74) is -0.577. The van der Waals surface area contributed by atoms with E-state index >= 15 is 0 Å². The van der Waals surface area contributed by atoms with Gasteiger partial charge in [0.2, 0.25) is 0 Å². The van der Waals surface area contributed by atoms with Crippen molar-refractivity contribution in [3.63, 3.8) is 0 Å². The van der Waals surface area contributed by atoms with E-state index in [0.717, 1.165) is 25.7 Å². The van der Waals surface area contributed by atoms with Gasteiger partial charge in [0, 0.05) is 6.42 Å². The van der Waals surface area contributed by atoms with Gasteiger partial charge in [-0.15, -0.1) is 0 Å². The Morgan fingerprint density at radius 3 is 2.04 bits per heavy atom. The fourth-order valence-corrected chi connectivity index (χ4v) is 6.46. The van der Waals surface area contributed by atoms with E-state index in [9.17, 15) is 18.4 Å². The highest BCUT2D eigenvalue weighted by atomic mass is 127. The van der Waals surface area contributed by atoms with Crippen LogP contribution in [-0.4, -0.2) is 32.5 Å². The molecule has 4 bridgehead atoms. The van der Waals surface area contributed by atoms with Crippen LogP contribution in [-0.2, 0) is 14.3 Å². The molecule has 0 radical (unpaired) electrons. The van der Waals surface area contributed by atoms with E-state index in [4.69, 9.17) is 9.84 Å². The molecule has 7 heteroatoms. The van der Waals surface area contributed by atoms with Crippen LogP contribution < -0.4 is 0 Å². The summed E-state index contributed by atoms with van der Waals surface area (Å²) in [6.07, 6.45) is 4.45. The van der Waals surface area contributed by atoms with Crippen LogP contribution in [0.3, 0.4) is 0 Å². The number of hydrogen-bond donors (Lipinski definition) is 1. The summed E-state index contributed by atoms with van der Waals surface area (Å²) >= 11 is 1.59. The van der Waals surface area contributed by atoms with Gasteiger partial charge in [0.05, 0.1) is 0 Å². The third-order valence-electron chi connectivity index (χ3n) is 6.60. The molecule has 4 aliphatic rings. The first-order valence-electron chi connectivity index (χ1n) is 9.04. The molecule has 25 heavy (non-hydrogen) atoms. The number of carboxylic acids is 1. The number of carbonyl (C=O) groups is 2. The van der Waals surface area contributed by atoms with Crippen LogP contribution in [0.15, 0.2) is 0 Å². The minimum absolute atomic E-state index is 0.120. The fraction of sp³-hybridized carbons (Fsp3) is 0.889. The minimum Gasteiger partial charge on any atom is -0.477 e. The normalized spacial score (nSPS) is 38.0. The fourth-order valence-electron chi connectivity index (χ4n) is 5.78. The maximum Gasteiger partial charge on any atom is 0.374 e. The van der Waals surface area contributed by atoms with Crippen molar-refractivity contribution < 1.29 is 28.2 Å². The molecule has 0 aliphatic heterocycles. The Bertz CT molecular complexity index is 535. The monoisotopic (exact) mass is 470 g/mol. The molecule has 4 aliphatic carbocycles. The zero-order chi connectivity index (χ0) is 18.6. The lowest BCUT2D eigenvalue weighted by Crippen LogP contribution is -2.62. The van der Waals surface area contributed by atoms with E-state index in [1.54, 1.807) is 22.6 Å². The maximum absolute atomic E-state index is 13.5. The van der Waals surface area contributed by atoms with E-state index in [1.165, 1.54) is 6.42 Å². The van der Waals surface area contributed by atoms with E-state index < -0.39 is 33.8 Å². The number of aliphatic carboxylic acids is 1. The summed E-state index contributed by atoms with van der Waals surface area (Å²) in [4.78, 5) is 23.2. The summed E-state index contributed by atoms with van der Waals surface area (Å²) in [6, 6.07) is 0. The lowest BCUT2D eigenvalue weighted by Gasteiger charge is -2.62. The molecule has 4 nitrogen and oxygen atoms in total. The maximum atomic E-state index is 13.5. The Balaban J connectivity index is 1.76. The number of hydrogen-bond acceptors (Lipinski definition) is 3. The number of carboxylic acid groups (broad SMARTS) is 1. The quantitative estimate of drug-likeness (QED) is 0.358. The molecular weight excluding hydrogens is 445 g/mol. The number of ether oxygens (including phenoxy) is 1. The molecule has 0 aromatic rings. The Labute approximate surface area is 160 Å². The molecule has 1 N–H and O–H groups in total. The molecule has 0 saturated heterocycles. The van der Waals surface area contributed by atoms with Crippen molar-refractivity contribution >= 4 is 34.5 Å². The van der Waals surface area contributed by atoms with Crippen molar-refractivity contribution in [2.75, 3.05) is 0 Å². The summed E-state index contributed by atoms with van der Waals surface area (Å²) < 4.78 is 31.8. The molecule has 1 atom stereocenters. The zero-order valence-electron chi connectivity index (χ0n) is 14.5. The summed E-state index contributed by atoms with van der Waals surface area (Å²) in [5, 5.41) is 8.59. The van der Waals surface area contributed by atoms with Crippen molar-refractivity contribution in [1.29, 1.82) is 0 Å².